The van der Waals surface area contributed by atoms with Crippen LogP contribution in [-0.2, 0) is 15.3 Å². The van der Waals surface area contributed by atoms with E-state index in [2.05, 4.69) is 15.0 Å². The van der Waals surface area contributed by atoms with Crippen LogP contribution in [0.4, 0.5) is 0 Å². The van der Waals surface area contributed by atoms with E-state index in [-0.39, 0.29) is 17.1 Å². The largest absolute Gasteiger partial charge is 0.365 e. The zero-order chi connectivity index (χ0) is 18.8. The van der Waals surface area contributed by atoms with Crippen molar-refractivity contribution in [3.8, 4) is 0 Å². The van der Waals surface area contributed by atoms with Gasteiger partial charge in [0.2, 0.25) is 5.91 Å². The molecule has 1 aromatic rings. The maximum Gasteiger partial charge on any atom is 0.311 e. The van der Waals surface area contributed by atoms with Crippen LogP contribution in [0.2, 0.25) is 0 Å². The van der Waals surface area contributed by atoms with Crippen LogP contribution >= 0.6 is 12.2 Å². The van der Waals surface area contributed by atoms with Gasteiger partial charge in [-0.05, 0) is 44.0 Å². The van der Waals surface area contributed by atoms with Crippen LogP contribution in [0.3, 0.4) is 0 Å². The van der Waals surface area contributed by atoms with E-state index in [1.54, 1.807) is 7.05 Å². The number of aryl methyl sites for hydroxylation is 1. The predicted octanol–water partition coefficient (Wildman–Crippen LogP) is 2.71. The summed E-state index contributed by atoms with van der Waals surface area (Å²) < 4.78 is 25.5. The molecule has 8 heteroatoms. The highest BCUT2D eigenvalue weighted by atomic mass is 32.2. The molecule has 2 unspecified atom stereocenters. The van der Waals surface area contributed by atoms with Crippen LogP contribution in [0, 0.1) is 6.92 Å². The van der Waals surface area contributed by atoms with Gasteiger partial charge in [0.25, 0.3) is 0 Å². The molecule has 25 heavy (non-hydrogen) atoms. The summed E-state index contributed by atoms with van der Waals surface area (Å²) in [5.74, 6) is -0.622. The highest BCUT2D eigenvalue weighted by Crippen LogP contribution is 2.25. The summed E-state index contributed by atoms with van der Waals surface area (Å²) in [4.78, 5) is 12.6. The number of carbonyl (C=O) groups is 1. The van der Waals surface area contributed by atoms with E-state index in [0.29, 0.717) is 19.3 Å². The molecule has 2 N–H and O–H groups in total. The second-order valence-corrected chi connectivity index (χ2v) is 6.93. The van der Waals surface area contributed by atoms with Gasteiger partial charge in [0.05, 0.1) is 12.0 Å². The Bertz CT molecular complexity index is 707. The van der Waals surface area contributed by atoms with Crippen molar-refractivity contribution in [2.75, 3.05) is 7.05 Å². The third kappa shape index (κ3) is 7.74. The molecule has 0 fully saturated rings. The van der Waals surface area contributed by atoms with Gasteiger partial charge in [-0.15, -0.1) is 0 Å². The molecule has 0 heterocycles. The Balaban J connectivity index is 2.97. The molecule has 138 valence electrons. The molecule has 0 aliphatic carbocycles. The number of hydrogen-bond acceptors (Lipinski definition) is 5. The number of thiocarbonyl (C=S) groups is 1. The van der Waals surface area contributed by atoms with Crippen molar-refractivity contribution in [1.29, 1.82) is 0 Å². The van der Waals surface area contributed by atoms with Crippen LogP contribution in [0.1, 0.15) is 49.7 Å². The highest BCUT2D eigenvalue weighted by Gasteiger charge is 2.23. The second kappa shape index (κ2) is 10.9. The minimum absolute atomic E-state index is 0.207. The van der Waals surface area contributed by atoms with Crippen LogP contribution < -0.4 is 10.6 Å². The molecule has 0 bridgehead atoms. The highest BCUT2D eigenvalue weighted by molar-refractivity contribution is 7.80. The van der Waals surface area contributed by atoms with E-state index in [1.165, 1.54) is 0 Å². The van der Waals surface area contributed by atoms with Crippen molar-refractivity contribution in [3.05, 3.63) is 35.4 Å². The smallest absolute Gasteiger partial charge is 0.311 e. The van der Waals surface area contributed by atoms with Crippen LogP contribution in [0.15, 0.2) is 28.6 Å². The van der Waals surface area contributed by atoms with Gasteiger partial charge in [-0.1, -0.05) is 43.2 Å². The second-order valence-electron chi connectivity index (χ2n) is 5.87. The average molecular weight is 384 g/mol. The molecule has 0 spiro atoms. The summed E-state index contributed by atoms with van der Waals surface area (Å²) in [7, 11) is -0.795. The molecule has 0 aliphatic heterocycles. The summed E-state index contributed by atoms with van der Waals surface area (Å²) in [6.07, 6.45) is 2.51. The molecular formula is C17H25N3O3S2. The van der Waals surface area contributed by atoms with Gasteiger partial charge in [0.15, 0.2) is 5.11 Å². The predicted molar refractivity (Wildman–Crippen MR) is 103 cm³/mol. The summed E-state index contributed by atoms with van der Waals surface area (Å²) in [5, 5.41) is 5.65. The van der Waals surface area contributed by atoms with Gasteiger partial charge in [0.1, 0.15) is 0 Å². The first-order valence-electron chi connectivity index (χ1n) is 8.26. The Kier molecular flexibility index (Phi) is 9.30. The van der Waals surface area contributed by atoms with Crippen molar-refractivity contribution < 1.29 is 13.2 Å². The number of amides is 1. The molecule has 0 aliphatic rings. The number of nitrogens with zero attached hydrogens (tertiary/aromatic N) is 1. The molecule has 0 radical (unpaired) electrons. The van der Waals surface area contributed by atoms with Crippen molar-refractivity contribution >= 4 is 33.7 Å². The monoisotopic (exact) mass is 383 g/mol. The lowest BCUT2D eigenvalue weighted by molar-refractivity contribution is -0.121. The summed E-state index contributed by atoms with van der Waals surface area (Å²) in [6.45, 7) is 3.96. The van der Waals surface area contributed by atoms with Crippen molar-refractivity contribution in [2.45, 2.75) is 51.5 Å². The Hall–Kier alpha value is -1.80. The average Bonchev–Trinajstić information content (AvgIpc) is 2.56. The quantitative estimate of drug-likeness (QED) is 0.674. The maximum absolute atomic E-state index is 12.6. The van der Waals surface area contributed by atoms with Gasteiger partial charge in [-0.25, -0.2) is 0 Å². The van der Waals surface area contributed by atoms with E-state index in [1.807, 2.05) is 38.1 Å². The number of hydrogen-bond donors (Lipinski definition) is 2. The van der Waals surface area contributed by atoms with Crippen molar-refractivity contribution in [1.82, 2.24) is 10.6 Å². The fraction of sp³-hybridized carbons (Fsp3) is 0.529. The van der Waals surface area contributed by atoms with Crippen LogP contribution in [0.25, 0.3) is 0 Å². The number of nitrogens with one attached hydrogen (secondary N) is 2. The Morgan fingerprint density at radius 3 is 2.36 bits per heavy atom. The number of rotatable bonds is 8. The fourth-order valence-corrected chi connectivity index (χ4v) is 3.13. The summed E-state index contributed by atoms with van der Waals surface area (Å²) >= 11 is 5.01. The molecule has 1 aromatic carbocycles. The normalized spacial score (nSPS) is 12.8. The zero-order valence-electron chi connectivity index (χ0n) is 14.8. The number of benzene rings is 1. The van der Waals surface area contributed by atoms with Gasteiger partial charge >= 0.3 is 10.5 Å². The summed E-state index contributed by atoms with van der Waals surface area (Å²) in [5.41, 5.74) is 1.98. The standard InChI is InChI=1S/C17H25N3O3S2/c1-4-5-14(20-25(22)23)10-11-15(16(21)19-17(24)18-3)13-8-6-12(2)7-9-13/h6-9,14-15H,4-5,10-11H2,1-3H3,(H2,18,19,21,24). The third-order valence-corrected chi connectivity index (χ3v) is 4.68. The molecule has 0 saturated heterocycles. The van der Waals surface area contributed by atoms with Gasteiger partial charge in [-0.3, -0.25) is 4.79 Å². The third-order valence-electron chi connectivity index (χ3n) is 3.91. The lowest BCUT2D eigenvalue weighted by Crippen LogP contribution is -2.40. The molecule has 0 aromatic heterocycles. The van der Waals surface area contributed by atoms with E-state index < -0.39 is 16.4 Å². The van der Waals surface area contributed by atoms with Gasteiger partial charge in [0, 0.05) is 7.05 Å². The zero-order valence-corrected chi connectivity index (χ0v) is 16.4. The first-order valence-corrected chi connectivity index (χ1v) is 9.70. The molecule has 6 nitrogen and oxygen atoms in total. The van der Waals surface area contributed by atoms with E-state index >= 15 is 0 Å². The van der Waals surface area contributed by atoms with Crippen molar-refractivity contribution in [3.63, 3.8) is 0 Å². The molecule has 1 amide bonds. The topological polar surface area (TPSA) is 87.6 Å². The van der Waals surface area contributed by atoms with Gasteiger partial charge in [-0.2, -0.15) is 12.8 Å². The lowest BCUT2D eigenvalue weighted by Gasteiger charge is -2.19. The number of carbonyl (C=O) groups excluding carboxylic acids is 1. The van der Waals surface area contributed by atoms with Crippen LogP contribution in [0.5, 0.6) is 0 Å². The van der Waals surface area contributed by atoms with E-state index in [4.69, 9.17) is 12.2 Å². The minimum atomic E-state index is -2.44. The lowest BCUT2D eigenvalue weighted by atomic mass is 9.90. The Morgan fingerprint density at radius 1 is 1.20 bits per heavy atom. The van der Waals surface area contributed by atoms with Crippen LogP contribution in [-0.4, -0.2) is 32.5 Å². The van der Waals surface area contributed by atoms with Crippen molar-refractivity contribution in [2.24, 2.45) is 4.36 Å². The Labute approximate surface area is 156 Å². The van der Waals surface area contributed by atoms with E-state index in [0.717, 1.165) is 17.5 Å². The van der Waals surface area contributed by atoms with Gasteiger partial charge < -0.3 is 10.6 Å². The van der Waals surface area contributed by atoms with E-state index in [9.17, 15) is 13.2 Å². The first kappa shape index (κ1) is 21.2. The Morgan fingerprint density at radius 2 is 1.84 bits per heavy atom. The SMILES string of the molecule is CCCC(CCC(C(=O)NC(=S)NC)c1ccc(C)cc1)N=S(=O)=O. The first-order chi connectivity index (χ1) is 11.9. The molecule has 0 saturated carbocycles. The minimum Gasteiger partial charge on any atom is -0.365 e. The molecular weight excluding hydrogens is 358 g/mol. The molecule has 1 rings (SSSR count). The fourth-order valence-electron chi connectivity index (χ4n) is 2.57. The molecule has 2 atom stereocenters. The summed E-state index contributed by atoms with van der Waals surface area (Å²) in [6, 6.07) is 7.43. The maximum atomic E-state index is 12.6.